The van der Waals surface area contributed by atoms with Gasteiger partial charge in [-0.15, -0.1) is 0 Å². The van der Waals surface area contributed by atoms with Crippen LogP contribution in [0.3, 0.4) is 0 Å². The molecule has 54 heavy (non-hydrogen) atoms. The van der Waals surface area contributed by atoms with Crippen molar-refractivity contribution in [2.24, 2.45) is 0 Å². The van der Waals surface area contributed by atoms with Crippen LogP contribution in [-0.2, 0) is 4.79 Å². The third-order valence-electron chi connectivity index (χ3n) is 12.0. The topological polar surface area (TPSA) is 89.8 Å². The van der Waals surface area contributed by atoms with Crippen LogP contribution in [0.4, 0.5) is 0 Å². The number of unbranched alkanes of at least 4 members (excludes halogenated alkanes) is 38. The Morgan fingerprint density at radius 1 is 0.389 bits per heavy atom. The van der Waals surface area contributed by atoms with E-state index in [-0.39, 0.29) is 12.5 Å². The second-order valence-electron chi connectivity index (χ2n) is 17.4. The van der Waals surface area contributed by atoms with Gasteiger partial charge in [0.05, 0.1) is 18.8 Å². The largest absolute Gasteiger partial charge is 0.394 e. The Hall–Kier alpha value is -0.650. The summed E-state index contributed by atoms with van der Waals surface area (Å²) in [6, 6.07) is -0.803. The minimum atomic E-state index is -1.13. The third-order valence-corrected chi connectivity index (χ3v) is 12.0. The van der Waals surface area contributed by atoms with Crippen LogP contribution in [-0.4, -0.2) is 46.1 Å². The number of rotatable bonds is 46. The Morgan fingerprint density at radius 2 is 0.630 bits per heavy atom. The van der Waals surface area contributed by atoms with E-state index in [4.69, 9.17) is 0 Å². The van der Waals surface area contributed by atoms with Crippen molar-refractivity contribution in [2.45, 2.75) is 302 Å². The van der Waals surface area contributed by atoms with Gasteiger partial charge >= 0.3 is 0 Å². The van der Waals surface area contributed by atoms with Crippen LogP contribution >= 0.6 is 0 Å². The molecular formula is C49H99NO4. The van der Waals surface area contributed by atoms with Crippen molar-refractivity contribution in [2.75, 3.05) is 6.61 Å². The zero-order valence-corrected chi connectivity index (χ0v) is 36.9. The van der Waals surface area contributed by atoms with E-state index in [0.717, 1.165) is 32.1 Å². The summed E-state index contributed by atoms with van der Waals surface area (Å²) >= 11 is 0. The first-order valence-corrected chi connectivity index (χ1v) is 24.8. The lowest BCUT2D eigenvalue weighted by molar-refractivity contribution is -0.124. The minimum Gasteiger partial charge on any atom is -0.394 e. The Bertz CT molecular complexity index is 718. The van der Waals surface area contributed by atoms with Gasteiger partial charge in [-0.05, 0) is 12.8 Å². The zero-order chi connectivity index (χ0) is 39.4. The van der Waals surface area contributed by atoms with E-state index in [1.54, 1.807) is 0 Å². The fourth-order valence-electron chi connectivity index (χ4n) is 8.11. The van der Waals surface area contributed by atoms with Gasteiger partial charge in [0, 0.05) is 6.42 Å². The van der Waals surface area contributed by atoms with Crippen LogP contribution in [0.5, 0.6) is 0 Å². The van der Waals surface area contributed by atoms with E-state index in [1.165, 1.54) is 225 Å². The highest BCUT2D eigenvalue weighted by Gasteiger charge is 2.26. The standard InChI is InChI=1S/C49H99NO4/c1-3-5-7-9-11-13-15-17-19-21-22-23-24-25-26-28-30-32-34-36-38-40-42-44-48(53)50-46(45-51)49(54)47(52)43-41-39-37-35-33-31-29-27-20-18-16-14-12-10-8-6-4-2/h46-47,49,51-52,54H,3-45H2,1-2H3,(H,50,53). The molecule has 3 unspecified atom stereocenters. The van der Waals surface area contributed by atoms with Crippen molar-refractivity contribution in [3.8, 4) is 0 Å². The van der Waals surface area contributed by atoms with Gasteiger partial charge in [-0.2, -0.15) is 0 Å². The molecular weight excluding hydrogens is 667 g/mol. The second-order valence-corrected chi connectivity index (χ2v) is 17.4. The molecule has 0 bridgehead atoms. The van der Waals surface area contributed by atoms with Crippen molar-refractivity contribution in [3.05, 3.63) is 0 Å². The molecule has 0 aliphatic rings. The smallest absolute Gasteiger partial charge is 0.220 e. The van der Waals surface area contributed by atoms with Gasteiger partial charge in [-0.1, -0.05) is 264 Å². The van der Waals surface area contributed by atoms with Crippen molar-refractivity contribution in [1.29, 1.82) is 0 Å². The summed E-state index contributed by atoms with van der Waals surface area (Å²) in [6.07, 6.45) is 52.3. The number of amides is 1. The molecule has 0 rings (SSSR count). The Balaban J connectivity index is 3.53. The molecule has 0 saturated carbocycles. The predicted octanol–water partition coefficient (Wildman–Crippen LogP) is 14.6. The van der Waals surface area contributed by atoms with E-state index < -0.39 is 18.2 Å². The maximum atomic E-state index is 12.5. The summed E-state index contributed by atoms with van der Waals surface area (Å²) in [6.45, 7) is 4.21. The van der Waals surface area contributed by atoms with Gasteiger partial charge in [-0.25, -0.2) is 0 Å². The molecule has 0 aliphatic carbocycles. The molecule has 0 saturated heterocycles. The first-order valence-electron chi connectivity index (χ1n) is 24.8. The number of aliphatic hydroxyl groups excluding tert-OH is 3. The lowest BCUT2D eigenvalue weighted by Gasteiger charge is -2.26. The van der Waals surface area contributed by atoms with E-state index in [9.17, 15) is 20.1 Å². The molecule has 0 aromatic carbocycles. The fourth-order valence-corrected chi connectivity index (χ4v) is 8.11. The first-order chi connectivity index (χ1) is 26.6. The highest BCUT2D eigenvalue weighted by Crippen LogP contribution is 2.18. The maximum Gasteiger partial charge on any atom is 0.220 e. The molecule has 0 aromatic heterocycles. The summed E-state index contributed by atoms with van der Waals surface area (Å²) in [5.41, 5.74) is 0. The Labute approximate surface area is 338 Å². The quantitative estimate of drug-likeness (QED) is 0.0465. The summed E-state index contributed by atoms with van der Waals surface area (Å²) < 4.78 is 0. The normalized spacial score (nSPS) is 13.4. The molecule has 3 atom stereocenters. The molecule has 0 radical (unpaired) electrons. The first kappa shape index (κ1) is 53.4. The zero-order valence-electron chi connectivity index (χ0n) is 36.9. The van der Waals surface area contributed by atoms with Gasteiger partial charge < -0.3 is 20.6 Å². The van der Waals surface area contributed by atoms with Crippen molar-refractivity contribution < 1.29 is 20.1 Å². The summed E-state index contributed by atoms with van der Waals surface area (Å²) in [7, 11) is 0. The fraction of sp³-hybridized carbons (Fsp3) is 0.980. The molecule has 324 valence electrons. The van der Waals surface area contributed by atoms with Gasteiger partial charge in [-0.3, -0.25) is 4.79 Å². The third kappa shape index (κ3) is 39.6. The molecule has 5 heteroatoms. The van der Waals surface area contributed by atoms with E-state index in [1.807, 2.05) is 0 Å². The monoisotopic (exact) mass is 766 g/mol. The van der Waals surface area contributed by atoms with Crippen LogP contribution in [0.1, 0.15) is 284 Å². The summed E-state index contributed by atoms with van der Waals surface area (Å²) in [5, 5.41) is 33.7. The molecule has 1 amide bonds. The summed E-state index contributed by atoms with van der Waals surface area (Å²) in [5.74, 6) is -0.137. The van der Waals surface area contributed by atoms with Gasteiger partial charge in [0.25, 0.3) is 0 Å². The number of aliphatic hydroxyl groups is 3. The average molecular weight is 766 g/mol. The van der Waals surface area contributed by atoms with Crippen LogP contribution in [0.15, 0.2) is 0 Å². The van der Waals surface area contributed by atoms with Crippen LogP contribution in [0, 0.1) is 0 Å². The Kier molecular flexibility index (Phi) is 44.5. The SMILES string of the molecule is CCCCCCCCCCCCCCCCCCCCCCCCCC(=O)NC(CO)C(O)C(O)CCCCCCCCCCCCCCCCCCC. The molecule has 5 nitrogen and oxygen atoms in total. The second kappa shape index (κ2) is 45.1. The number of hydrogen-bond acceptors (Lipinski definition) is 4. The lowest BCUT2D eigenvalue weighted by Crippen LogP contribution is -2.50. The van der Waals surface area contributed by atoms with Crippen molar-refractivity contribution >= 4 is 5.91 Å². The molecule has 0 spiro atoms. The molecule has 0 fully saturated rings. The van der Waals surface area contributed by atoms with Crippen LogP contribution in [0.2, 0.25) is 0 Å². The molecule has 0 aliphatic heterocycles. The van der Waals surface area contributed by atoms with Gasteiger partial charge in [0.15, 0.2) is 0 Å². The maximum absolute atomic E-state index is 12.5. The number of carbonyl (C=O) groups excluding carboxylic acids is 1. The lowest BCUT2D eigenvalue weighted by atomic mass is 9.99. The van der Waals surface area contributed by atoms with Crippen LogP contribution < -0.4 is 5.32 Å². The molecule has 0 aromatic rings. The van der Waals surface area contributed by atoms with Crippen molar-refractivity contribution in [3.63, 3.8) is 0 Å². The van der Waals surface area contributed by atoms with E-state index in [2.05, 4.69) is 19.2 Å². The van der Waals surface area contributed by atoms with Gasteiger partial charge in [0.2, 0.25) is 5.91 Å². The minimum absolute atomic E-state index is 0.137. The Morgan fingerprint density at radius 3 is 0.889 bits per heavy atom. The summed E-state index contributed by atoms with van der Waals surface area (Å²) in [4.78, 5) is 12.5. The van der Waals surface area contributed by atoms with Crippen molar-refractivity contribution in [1.82, 2.24) is 5.32 Å². The van der Waals surface area contributed by atoms with E-state index >= 15 is 0 Å². The highest BCUT2D eigenvalue weighted by atomic mass is 16.3. The number of carbonyl (C=O) groups is 1. The van der Waals surface area contributed by atoms with E-state index in [0.29, 0.717) is 12.8 Å². The number of nitrogens with one attached hydrogen (secondary N) is 1. The average Bonchev–Trinajstić information content (AvgIpc) is 3.18. The highest BCUT2D eigenvalue weighted by molar-refractivity contribution is 5.76. The number of hydrogen-bond donors (Lipinski definition) is 4. The van der Waals surface area contributed by atoms with Gasteiger partial charge in [0.1, 0.15) is 6.10 Å². The molecule has 4 N–H and O–H groups in total. The van der Waals surface area contributed by atoms with Crippen LogP contribution in [0.25, 0.3) is 0 Å². The predicted molar refractivity (Wildman–Crippen MR) is 236 cm³/mol. The molecule has 0 heterocycles.